The summed E-state index contributed by atoms with van der Waals surface area (Å²) in [6.45, 7) is 3.83. The van der Waals surface area contributed by atoms with Crippen LogP contribution in [-0.2, 0) is 13.1 Å². The quantitative estimate of drug-likeness (QED) is 0.465. The Balaban J connectivity index is 1.70. The number of hydrogen-bond acceptors (Lipinski definition) is 3. The van der Waals surface area contributed by atoms with E-state index in [0.29, 0.717) is 0 Å². The Labute approximate surface area is 160 Å². The maximum absolute atomic E-state index is 4.54. The van der Waals surface area contributed by atoms with Crippen molar-refractivity contribution in [1.29, 1.82) is 0 Å². The molecule has 0 saturated carbocycles. The fourth-order valence-corrected chi connectivity index (χ4v) is 3.54. The molecule has 0 aliphatic heterocycles. The number of rotatable bonds is 6. The number of hydrogen-bond donors (Lipinski definition) is 0. The monoisotopic (exact) mass is 353 g/mol. The topological polar surface area (TPSA) is 29.0 Å². The summed E-state index contributed by atoms with van der Waals surface area (Å²) in [4.78, 5) is 11.5. The van der Waals surface area contributed by atoms with Crippen LogP contribution in [0.1, 0.15) is 29.9 Å². The second-order valence-electron chi connectivity index (χ2n) is 6.79. The predicted molar refractivity (Wildman–Crippen MR) is 110 cm³/mol. The van der Waals surface area contributed by atoms with Gasteiger partial charge in [-0.3, -0.25) is 14.9 Å². The van der Waals surface area contributed by atoms with Crippen LogP contribution < -0.4 is 0 Å². The summed E-state index contributed by atoms with van der Waals surface area (Å²) in [6.07, 6.45) is 3.72. The molecule has 2 heterocycles. The zero-order valence-electron chi connectivity index (χ0n) is 15.5. The normalized spacial score (nSPS) is 12.4. The third kappa shape index (κ3) is 4.04. The van der Waals surface area contributed by atoms with E-state index in [2.05, 4.69) is 76.4 Å². The van der Waals surface area contributed by atoms with Crippen molar-refractivity contribution in [3.63, 3.8) is 0 Å². The zero-order chi connectivity index (χ0) is 18.5. The first-order chi connectivity index (χ1) is 13.3. The smallest absolute Gasteiger partial charge is 0.0544 e. The molecule has 3 heteroatoms. The van der Waals surface area contributed by atoms with Crippen LogP contribution in [0.25, 0.3) is 10.8 Å². The number of pyridine rings is 2. The molecule has 0 amide bonds. The molecule has 0 fully saturated rings. The van der Waals surface area contributed by atoms with Gasteiger partial charge in [0.1, 0.15) is 0 Å². The van der Waals surface area contributed by atoms with Crippen LogP contribution in [0.5, 0.6) is 0 Å². The van der Waals surface area contributed by atoms with Gasteiger partial charge in [0.25, 0.3) is 0 Å². The van der Waals surface area contributed by atoms with Crippen LogP contribution >= 0.6 is 0 Å². The van der Waals surface area contributed by atoms with Crippen LogP contribution in [0.4, 0.5) is 0 Å². The molecule has 1 atom stereocenters. The van der Waals surface area contributed by atoms with E-state index in [9.17, 15) is 0 Å². The van der Waals surface area contributed by atoms with Gasteiger partial charge in [-0.2, -0.15) is 0 Å². The first kappa shape index (κ1) is 17.4. The predicted octanol–water partition coefficient (Wildman–Crippen LogP) is 5.39. The minimum absolute atomic E-state index is 0.236. The maximum Gasteiger partial charge on any atom is 0.0544 e. The first-order valence-corrected chi connectivity index (χ1v) is 9.33. The van der Waals surface area contributed by atoms with Gasteiger partial charge in [0.05, 0.1) is 11.4 Å². The van der Waals surface area contributed by atoms with Crippen molar-refractivity contribution in [2.45, 2.75) is 26.1 Å². The average Bonchev–Trinajstić information content (AvgIpc) is 2.74. The van der Waals surface area contributed by atoms with Crippen molar-refractivity contribution in [2.75, 3.05) is 0 Å². The molecule has 0 radical (unpaired) electrons. The van der Waals surface area contributed by atoms with Crippen molar-refractivity contribution in [2.24, 2.45) is 0 Å². The van der Waals surface area contributed by atoms with Gasteiger partial charge in [0.2, 0.25) is 0 Å². The maximum atomic E-state index is 4.54. The van der Waals surface area contributed by atoms with Gasteiger partial charge in [0.15, 0.2) is 0 Å². The van der Waals surface area contributed by atoms with E-state index in [1.54, 1.807) is 0 Å². The summed E-state index contributed by atoms with van der Waals surface area (Å²) >= 11 is 0. The summed E-state index contributed by atoms with van der Waals surface area (Å²) in [5, 5.41) is 2.58. The Morgan fingerprint density at radius 1 is 0.704 bits per heavy atom. The third-order valence-electron chi connectivity index (χ3n) is 5.00. The molecule has 134 valence electrons. The lowest BCUT2D eigenvalue weighted by molar-refractivity contribution is 0.188. The second-order valence-corrected chi connectivity index (χ2v) is 6.79. The molecule has 0 aliphatic carbocycles. The summed E-state index contributed by atoms with van der Waals surface area (Å²) in [6, 6.07) is 27.6. The molecule has 0 spiro atoms. The van der Waals surface area contributed by atoms with Gasteiger partial charge in [-0.25, -0.2) is 0 Å². The van der Waals surface area contributed by atoms with E-state index in [-0.39, 0.29) is 6.04 Å². The molecular formula is C24H23N3. The van der Waals surface area contributed by atoms with Crippen LogP contribution in [0.3, 0.4) is 0 Å². The third-order valence-corrected chi connectivity index (χ3v) is 5.00. The molecule has 0 unspecified atom stereocenters. The average molecular weight is 353 g/mol. The number of benzene rings is 2. The van der Waals surface area contributed by atoms with Gasteiger partial charge in [-0.05, 0) is 47.5 Å². The van der Waals surface area contributed by atoms with Crippen LogP contribution in [0, 0.1) is 0 Å². The SMILES string of the molecule is C[C@H](c1cccc2ccccc12)N(Cc1ccccn1)Cc1ccccn1. The molecule has 2 aromatic carbocycles. The molecule has 0 N–H and O–H groups in total. The molecule has 3 nitrogen and oxygen atoms in total. The lowest BCUT2D eigenvalue weighted by atomic mass is 9.98. The summed E-state index contributed by atoms with van der Waals surface area (Å²) in [7, 11) is 0. The lowest BCUT2D eigenvalue weighted by Crippen LogP contribution is -2.27. The second kappa shape index (κ2) is 8.11. The van der Waals surface area contributed by atoms with Gasteiger partial charge >= 0.3 is 0 Å². The highest BCUT2D eigenvalue weighted by atomic mass is 15.2. The Bertz CT molecular complexity index is 953. The van der Waals surface area contributed by atoms with E-state index >= 15 is 0 Å². The Kier molecular flexibility index (Phi) is 5.22. The molecule has 0 saturated heterocycles. The number of aromatic nitrogens is 2. The minimum Gasteiger partial charge on any atom is -0.285 e. The number of nitrogens with zero attached hydrogens (tertiary/aromatic N) is 3. The summed E-state index contributed by atoms with van der Waals surface area (Å²) < 4.78 is 0. The van der Waals surface area contributed by atoms with E-state index in [0.717, 1.165) is 24.5 Å². The molecule has 27 heavy (non-hydrogen) atoms. The highest BCUT2D eigenvalue weighted by molar-refractivity contribution is 5.86. The van der Waals surface area contributed by atoms with Gasteiger partial charge < -0.3 is 0 Å². The van der Waals surface area contributed by atoms with Crippen molar-refractivity contribution in [3.8, 4) is 0 Å². The highest BCUT2D eigenvalue weighted by Crippen LogP contribution is 2.30. The Hall–Kier alpha value is -3.04. The first-order valence-electron chi connectivity index (χ1n) is 9.33. The Morgan fingerprint density at radius 3 is 1.93 bits per heavy atom. The fraction of sp³-hybridized carbons (Fsp3) is 0.167. The molecule has 4 rings (SSSR count). The zero-order valence-corrected chi connectivity index (χ0v) is 15.5. The summed E-state index contributed by atoms with van der Waals surface area (Å²) in [5.41, 5.74) is 3.47. The Morgan fingerprint density at radius 2 is 1.30 bits per heavy atom. The van der Waals surface area contributed by atoms with E-state index < -0.39 is 0 Å². The van der Waals surface area contributed by atoms with Gasteiger partial charge in [0, 0.05) is 31.5 Å². The van der Waals surface area contributed by atoms with Crippen molar-refractivity contribution in [3.05, 3.63) is 108 Å². The largest absolute Gasteiger partial charge is 0.285 e. The van der Waals surface area contributed by atoms with Crippen molar-refractivity contribution < 1.29 is 0 Å². The van der Waals surface area contributed by atoms with Crippen LogP contribution in [0.15, 0.2) is 91.3 Å². The van der Waals surface area contributed by atoms with Crippen LogP contribution in [0.2, 0.25) is 0 Å². The molecular weight excluding hydrogens is 330 g/mol. The molecule has 4 aromatic rings. The minimum atomic E-state index is 0.236. The highest BCUT2D eigenvalue weighted by Gasteiger charge is 2.19. The van der Waals surface area contributed by atoms with E-state index in [4.69, 9.17) is 0 Å². The summed E-state index contributed by atoms with van der Waals surface area (Å²) in [5.74, 6) is 0. The van der Waals surface area contributed by atoms with Gasteiger partial charge in [-0.1, -0.05) is 54.6 Å². The van der Waals surface area contributed by atoms with Gasteiger partial charge in [-0.15, -0.1) is 0 Å². The van der Waals surface area contributed by atoms with E-state index in [1.807, 2.05) is 36.7 Å². The molecule has 0 bridgehead atoms. The molecule has 2 aromatic heterocycles. The van der Waals surface area contributed by atoms with Crippen molar-refractivity contribution in [1.82, 2.24) is 14.9 Å². The fourth-order valence-electron chi connectivity index (χ4n) is 3.54. The standard InChI is InChI=1S/C24H23N3/c1-19(23-14-8-10-20-9-2-3-13-24(20)23)27(17-21-11-4-6-15-25-21)18-22-12-5-7-16-26-22/h2-16,19H,17-18H2,1H3/t19-/m1/s1. The lowest BCUT2D eigenvalue weighted by Gasteiger charge is -2.30. The molecule has 0 aliphatic rings. The number of fused-ring (bicyclic) bond motifs is 1. The van der Waals surface area contributed by atoms with Crippen molar-refractivity contribution >= 4 is 10.8 Å². The van der Waals surface area contributed by atoms with E-state index in [1.165, 1.54) is 16.3 Å². The van der Waals surface area contributed by atoms with Crippen LogP contribution in [-0.4, -0.2) is 14.9 Å².